The number of carbonyl (C=O) groups is 4. The number of aliphatic hydroxyl groups is 1. The summed E-state index contributed by atoms with van der Waals surface area (Å²) in [6.07, 6.45) is 3.28. The van der Waals surface area contributed by atoms with E-state index >= 15 is 4.79 Å². The number of fused-ring (bicyclic) bond motifs is 1. The van der Waals surface area contributed by atoms with E-state index in [9.17, 15) is 19.5 Å². The van der Waals surface area contributed by atoms with Crippen molar-refractivity contribution in [1.29, 1.82) is 0 Å². The molecule has 10 nitrogen and oxygen atoms in total. The Hall–Kier alpha value is -3.51. The number of nitrogens with zero attached hydrogens (tertiary/aromatic N) is 3. The molecule has 10 atom stereocenters. The van der Waals surface area contributed by atoms with Crippen LogP contribution in [0.1, 0.15) is 58.1 Å². The lowest BCUT2D eigenvalue weighted by Gasteiger charge is -2.41. The van der Waals surface area contributed by atoms with Crippen LogP contribution in [0.15, 0.2) is 79.9 Å². The molecule has 280 valence electrons. The third-order valence-corrected chi connectivity index (χ3v) is 12.3. The molecule has 3 heterocycles. The fourth-order valence-corrected chi connectivity index (χ4v) is 9.35. The van der Waals surface area contributed by atoms with Crippen molar-refractivity contribution in [1.82, 2.24) is 9.80 Å². The molecule has 3 amide bonds. The topological polar surface area (TPSA) is 117 Å². The SMILES string of the molecule is C=CCCC(=O)N(C)[C@@H](C)[C@@H](OC(=O)[C@@H]1[C@H]2O[C@@]3(CC2Br)[C@H](C(=O)N(CC=C)c2ccccc2Cl)N([C@@H](CO)[C@@H](C)CC)C(=O)[C@@H]13)c1ccccc1. The molecular formula is C40H49BrClN3O7. The van der Waals surface area contributed by atoms with E-state index in [1.807, 2.05) is 51.1 Å². The first kappa shape index (κ1) is 39.7. The van der Waals surface area contributed by atoms with Crippen LogP contribution in [-0.4, -0.2) is 93.5 Å². The molecule has 1 N–H and O–H groups in total. The Morgan fingerprint density at radius 3 is 2.42 bits per heavy atom. The molecule has 3 aliphatic rings. The van der Waals surface area contributed by atoms with Gasteiger partial charge in [0.05, 0.1) is 47.3 Å². The predicted molar refractivity (Wildman–Crippen MR) is 204 cm³/mol. The number of anilines is 1. The number of allylic oxidation sites excluding steroid dienone is 1. The van der Waals surface area contributed by atoms with Gasteiger partial charge in [0, 0.05) is 24.8 Å². The number of amides is 3. The van der Waals surface area contributed by atoms with Crippen molar-refractivity contribution >= 4 is 56.9 Å². The number of ether oxygens (including phenoxy) is 2. The average Bonchev–Trinajstić information content (AvgIpc) is 3.75. The Bertz CT molecular complexity index is 1660. The number of para-hydroxylation sites is 1. The highest BCUT2D eigenvalue weighted by Crippen LogP contribution is 2.61. The minimum absolute atomic E-state index is 0.0945. The summed E-state index contributed by atoms with van der Waals surface area (Å²) in [5.41, 5.74) is -0.287. The van der Waals surface area contributed by atoms with Gasteiger partial charge in [0.25, 0.3) is 5.91 Å². The molecule has 2 aromatic carbocycles. The molecule has 0 aromatic heterocycles. The van der Waals surface area contributed by atoms with Crippen LogP contribution in [0, 0.1) is 17.8 Å². The number of halogens is 2. The van der Waals surface area contributed by atoms with Gasteiger partial charge in [-0.15, -0.1) is 13.2 Å². The van der Waals surface area contributed by atoms with Gasteiger partial charge in [0.2, 0.25) is 11.8 Å². The molecular weight excluding hydrogens is 750 g/mol. The predicted octanol–water partition coefficient (Wildman–Crippen LogP) is 6.11. The second-order valence-corrected chi connectivity index (χ2v) is 15.7. The molecule has 2 aromatic rings. The van der Waals surface area contributed by atoms with E-state index in [0.29, 0.717) is 29.1 Å². The van der Waals surface area contributed by atoms with Gasteiger partial charge in [-0.1, -0.05) is 102 Å². The van der Waals surface area contributed by atoms with Gasteiger partial charge in [0.1, 0.15) is 17.7 Å². The number of alkyl halides is 1. The van der Waals surface area contributed by atoms with Gasteiger partial charge in [-0.2, -0.15) is 0 Å². The number of benzene rings is 2. The number of hydrogen-bond donors (Lipinski definition) is 1. The van der Waals surface area contributed by atoms with E-state index in [1.165, 1.54) is 9.80 Å². The van der Waals surface area contributed by atoms with Crippen molar-refractivity contribution in [2.75, 3.05) is 25.1 Å². The van der Waals surface area contributed by atoms with Crippen molar-refractivity contribution in [3.63, 3.8) is 0 Å². The summed E-state index contributed by atoms with van der Waals surface area (Å²) in [7, 11) is 1.68. The average molecular weight is 799 g/mol. The van der Waals surface area contributed by atoms with Crippen LogP contribution in [0.5, 0.6) is 0 Å². The zero-order valence-electron chi connectivity index (χ0n) is 30.2. The Morgan fingerprint density at radius 2 is 1.81 bits per heavy atom. The van der Waals surface area contributed by atoms with Crippen LogP contribution in [0.3, 0.4) is 0 Å². The van der Waals surface area contributed by atoms with E-state index in [1.54, 1.807) is 48.4 Å². The van der Waals surface area contributed by atoms with Crippen LogP contribution >= 0.6 is 27.5 Å². The number of hydrogen-bond acceptors (Lipinski definition) is 7. The Morgan fingerprint density at radius 1 is 1.13 bits per heavy atom. The fourth-order valence-electron chi connectivity index (χ4n) is 8.17. The van der Waals surface area contributed by atoms with Crippen molar-refractivity contribution in [2.24, 2.45) is 17.8 Å². The number of rotatable bonds is 16. The molecule has 12 heteroatoms. The lowest BCUT2D eigenvalue weighted by molar-refractivity contribution is -0.165. The molecule has 0 radical (unpaired) electrons. The van der Waals surface area contributed by atoms with E-state index in [4.69, 9.17) is 21.1 Å². The number of likely N-dealkylation sites (tertiary alicyclic amines) is 1. The maximum absolute atomic E-state index is 15.0. The van der Waals surface area contributed by atoms with Gasteiger partial charge in [-0.25, -0.2) is 0 Å². The highest BCUT2D eigenvalue weighted by atomic mass is 79.9. The minimum Gasteiger partial charge on any atom is -0.455 e. The highest BCUT2D eigenvalue weighted by Gasteiger charge is 2.78. The van der Waals surface area contributed by atoms with Crippen molar-refractivity contribution in [3.05, 3.63) is 90.5 Å². The Kier molecular flexibility index (Phi) is 12.7. The number of esters is 1. The smallest absolute Gasteiger partial charge is 0.313 e. The molecule has 1 unspecified atom stereocenters. The Balaban J connectivity index is 1.58. The molecule has 1 spiro atoms. The first-order valence-corrected chi connectivity index (χ1v) is 19.2. The summed E-state index contributed by atoms with van der Waals surface area (Å²) in [4.78, 5) is 61.8. The maximum Gasteiger partial charge on any atom is 0.313 e. The first-order chi connectivity index (χ1) is 24.9. The summed E-state index contributed by atoms with van der Waals surface area (Å²) in [5.74, 6) is -4.01. The third-order valence-electron chi connectivity index (χ3n) is 11.2. The van der Waals surface area contributed by atoms with Crippen molar-refractivity contribution in [2.45, 2.75) is 87.2 Å². The minimum atomic E-state index is -1.41. The van der Waals surface area contributed by atoms with E-state index in [2.05, 4.69) is 29.1 Å². The second-order valence-electron chi connectivity index (χ2n) is 14.1. The summed E-state index contributed by atoms with van der Waals surface area (Å²) in [6, 6.07) is 13.6. The van der Waals surface area contributed by atoms with Gasteiger partial charge in [0.15, 0.2) is 0 Å². The van der Waals surface area contributed by atoms with Crippen LogP contribution in [0.25, 0.3) is 0 Å². The van der Waals surface area contributed by atoms with E-state index in [-0.39, 0.29) is 36.0 Å². The monoisotopic (exact) mass is 797 g/mol. The lowest BCUT2D eigenvalue weighted by Crippen LogP contribution is -2.60. The number of likely N-dealkylation sites (N-methyl/N-ethyl adjacent to an activating group) is 1. The normalized spacial score (nSPS) is 26.9. The largest absolute Gasteiger partial charge is 0.455 e. The van der Waals surface area contributed by atoms with Crippen molar-refractivity contribution < 1.29 is 33.8 Å². The van der Waals surface area contributed by atoms with Crippen LogP contribution in [0.4, 0.5) is 5.69 Å². The van der Waals surface area contributed by atoms with Crippen LogP contribution in [0.2, 0.25) is 5.02 Å². The molecule has 52 heavy (non-hydrogen) atoms. The zero-order chi connectivity index (χ0) is 37.9. The van der Waals surface area contributed by atoms with Crippen molar-refractivity contribution in [3.8, 4) is 0 Å². The summed E-state index contributed by atoms with van der Waals surface area (Å²) in [5, 5.41) is 11.1. The van der Waals surface area contributed by atoms with Crippen LogP contribution in [-0.2, 0) is 28.7 Å². The molecule has 2 bridgehead atoms. The van der Waals surface area contributed by atoms with E-state index in [0.717, 1.165) is 0 Å². The zero-order valence-corrected chi connectivity index (χ0v) is 32.5. The van der Waals surface area contributed by atoms with Crippen LogP contribution < -0.4 is 4.90 Å². The summed E-state index contributed by atoms with van der Waals surface area (Å²) < 4.78 is 13.1. The lowest BCUT2D eigenvalue weighted by atomic mass is 9.70. The van der Waals surface area contributed by atoms with Gasteiger partial charge < -0.3 is 29.3 Å². The molecule has 5 rings (SSSR count). The quantitative estimate of drug-likeness (QED) is 0.124. The number of carbonyl (C=O) groups excluding carboxylic acids is 4. The molecule has 3 saturated heterocycles. The summed E-state index contributed by atoms with van der Waals surface area (Å²) in [6.45, 7) is 13.0. The molecule has 3 fully saturated rings. The maximum atomic E-state index is 15.0. The van der Waals surface area contributed by atoms with Gasteiger partial charge in [-0.05, 0) is 43.4 Å². The van der Waals surface area contributed by atoms with Gasteiger partial charge in [-0.3, -0.25) is 19.2 Å². The number of aliphatic hydroxyl groups excluding tert-OH is 1. The molecule has 3 aliphatic heterocycles. The Labute approximate surface area is 319 Å². The standard InChI is InChI=1S/C40H49BrClN3O7/c1-7-10-20-31(47)43(6)25(5)34(26-16-12-11-13-17-26)51-39(50)32-33-37(48)45(30(23-46)24(4)9-3)36(40(33)22-27(41)35(32)52-40)38(49)44(21-8-2)29-19-15-14-18-28(29)42/h7-8,11-19,24-25,27,30,32-36,46H,1-2,9-10,20-23H2,3-6H3/t24-,25-,27?,30-,32-,33+,34+,35-,36-,40+/m0/s1. The second kappa shape index (κ2) is 16.7. The first-order valence-electron chi connectivity index (χ1n) is 17.9. The summed E-state index contributed by atoms with van der Waals surface area (Å²) >= 11 is 10.4. The van der Waals surface area contributed by atoms with E-state index < -0.39 is 72.2 Å². The van der Waals surface area contributed by atoms with Gasteiger partial charge >= 0.3 is 5.97 Å². The fraction of sp³-hybridized carbons (Fsp3) is 0.500. The molecule has 0 aliphatic carbocycles. The molecule has 0 saturated carbocycles. The third kappa shape index (κ3) is 7.09. The highest BCUT2D eigenvalue weighted by molar-refractivity contribution is 9.09.